The lowest BCUT2D eigenvalue weighted by Gasteiger charge is -2.14. The summed E-state index contributed by atoms with van der Waals surface area (Å²) in [7, 11) is 1.59. The lowest BCUT2D eigenvalue weighted by atomic mass is 10.3. The van der Waals surface area contributed by atoms with Gasteiger partial charge in [0.15, 0.2) is 11.6 Å². The predicted octanol–water partition coefficient (Wildman–Crippen LogP) is 4.47. The second-order valence-corrected chi connectivity index (χ2v) is 5.57. The highest BCUT2D eigenvalue weighted by molar-refractivity contribution is 9.10. The van der Waals surface area contributed by atoms with Gasteiger partial charge in [0.1, 0.15) is 6.33 Å². The molecule has 1 aromatic heterocycles. The Hall–Kier alpha value is -1.53. The number of ether oxygens (including phenoxy) is 1. The third-order valence-electron chi connectivity index (χ3n) is 2.73. The van der Waals surface area contributed by atoms with Crippen LogP contribution in [0.15, 0.2) is 29.0 Å². The van der Waals surface area contributed by atoms with Gasteiger partial charge in [0.05, 0.1) is 12.8 Å². The summed E-state index contributed by atoms with van der Waals surface area (Å²) in [5.74, 6) is 1.81. The molecule has 0 atom stereocenters. The molecule has 0 spiro atoms. The van der Waals surface area contributed by atoms with Gasteiger partial charge in [-0.15, -0.1) is 0 Å². The van der Waals surface area contributed by atoms with Gasteiger partial charge < -0.3 is 15.4 Å². The van der Waals surface area contributed by atoms with Gasteiger partial charge in [-0.2, -0.15) is 0 Å². The lowest BCUT2D eigenvalue weighted by molar-refractivity contribution is 0.415. The van der Waals surface area contributed by atoms with Crippen LogP contribution in [0.5, 0.6) is 5.75 Å². The molecular formula is C14H16BrClN4O. The summed E-state index contributed by atoms with van der Waals surface area (Å²) >= 11 is 9.49. The van der Waals surface area contributed by atoms with E-state index in [1.54, 1.807) is 7.11 Å². The maximum absolute atomic E-state index is 6.02. The molecule has 0 bridgehead atoms. The van der Waals surface area contributed by atoms with E-state index in [4.69, 9.17) is 16.3 Å². The largest absolute Gasteiger partial charge is 0.490 e. The van der Waals surface area contributed by atoms with Crippen molar-refractivity contribution in [2.75, 3.05) is 24.3 Å². The quantitative estimate of drug-likeness (QED) is 0.784. The van der Waals surface area contributed by atoms with Crippen molar-refractivity contribution in [3.63, 3.8) is 0 Å². The Morgan fingerprint density at radius 1 is 1.29 bits per heavy atom. The minimum Gasteiger partial charge on any atom is -0.490 e. The molecule has 1 heterocycles. The number of rotatable bonds is 6. The minimum absolute atomic E-state index is 0.567. The Morgan fingerprint density at radius 3 is 2.76 bits per heavy atom. The number of nitrogens with one attached hydrogen (secondary N) is 2. The Balaban J connectivity index is 2.33. The van der Waals surface area contributed by atoms with Gasteiger partial charge in [-0.3, -0.25) is 0 Å². The molecule has 7 heteroatoms. The zero-order valence-corrected chi connectivity index (χ0v) is 14.1. The summed E-state index contributed by atoms with van der Waals surface area (Å²) in [5, 5.41) is 7.05. The van der Waals surface area contributed by atoms with Crippen molar-refractivity contribution in [1.29, 1.82) is 0 Å². The number of benzene rings is 1. The van der Waals surface area contributed by atoms with E-state index < -0.39 is 0 Å². The number of halogens is 2. The Morgan fingerprint density at radius 2 is 2.05 bits per heavy atom. The molecule has 0 saturated carbocycles. The van der Waals surface area contributed by atoms with Crippen molar-refractivity contribution in [2.24, 2.45) is 0 Å². The zero-order chi connectivity index (χ0) is 15.2. The van der Waals surface area contributed by atoms with Crippen molar-refractivity contribution in [2.45, 2.75) is 13.3 Å². The Kier molecular flexibility index (Phi) is 5.64. The average Bonchev–Trinajstić information content (AvgIpc) is 2.49. The Labute approximate surface area is 137 Å². The SMILES string of the molecule is CCCNc1ncnc(Nc2cc(Cl)ccc2Br)c1OC. The molecule has 0 saturated heterocycles. The first kappa shape index (κ1) is 15.9. The molecule has 112 valence electrons. The molecule has 0 radical (unpaired) electrons. The average molecular weight is 372 g/mol. The molecule has 0 aliphatic heterocycles. The predicted molar refractivity (Wildman–Crippen MR) is 89.8 cm³/mol. The van der Waals surface area contributed by atoms with Crippen LogP contribution in [0.3, 0.4) is 0 Å². The maximum Gasteiger partial charge on any atom is 0.204 e. The molecule has 2 N–H and O–H groups in total. The highest BCUT2D eigenvalue weighted by Crippen LogP contribution is 2.34. The first-order valence-corrected chi connectivity index (χ1v) is 7.67. The molecular weight excluding hydrogens is 356 g/mol. The number of nitrogens with zero attached hydrogens (tertiary/aromatic N) is 2. The van der Waals surface area contributed by atoms with Gasteiger partial charge in [0, 0.05) is 16.0 Å². The van der Waals surface area contributed by atoms with Crippen LogP contribution in [0.25, 0.3) is 0 Å². The molecule has 0 amide bonds. The van der Waals surface area contributed by atoms with Crippen molar-refractivity contribution in [3.05, 3.63) is 34.0 Å². The molecule has 5 nitrogen and oxygen atoms in total. The summed E-state index contributed by atoms with van der Waals surface area (Å²) < 4.78 is 6.30. The fourth-order valence-corrected chi connectivity index (χ4v) is 2.26. The second-order valence-electron chi connectivity index (χ2n) is 4.28. The normalized spacial score (nSPS) is 10.3. The van der Waals surface area contributed by atoms with Gasteiger partial charge >= 0.3 is 0 Å². The van der Waals surface area contributed by atoms with Crippen LogP contribution < -0.4 is 15.4 Å². The van der Waals surface area contributed by atoms with E-state index in [-0.39, 0.29) is 0 Å². The van der Waals surface area contributed by atoms with E-state index in [0.717, 1.165) is 23.1 Å². The van der Waals surface area contributed by atoms with E-state index >= 15 is 0 Å². The molecule has 2 aromatic rings. The summed E-state index contributed by atoms with van der Waals surface area (Å²) in [4.78, 5) is 8.44. The van der Waals surface area contributed by atoms with E-state index in [1.165, 1.54) is 6.33 Å². The van der Waals surface area contributed by atoms with E-state index in [2.05, 4.69) is 43.5 Å². The van der Waals surface area contributed by atoms with Crippen molar-refractivity contribution in [3.8, 4) is 5.75 Å². The summed E-state index contributed by atoms with van der Waals surface area (Å²) in [6.07, 6.45) is 2.48. The van der Waals surface area contributed by atoms with Crippen molar-refractivity contribution >= 4 is 44.9 Å². The fraction of sp³-hybridized carbons (Fsp3) is 0.286. The third-order valence-corrected chi connectivity index (χ3v) is 3.66. The molecule has 0 aliphatic rings. The highest BCUT2D eigenvalue weighted by Gasteiger charge is 2.13. The fourth-order valence-electron chi connectivity index (χ4n) is 1.75. The monoisotopic (exact) mass is 370 g/mol. The van der Waals surface area contributed by atoms with E-state index in [0.29, 0.717) is 22.4 Å². The minimum atomic E-state index is 0.567. The van der Waals surface area contributed by atoms with Crippen LogP contribution in [0, 0.1) is 0 Å². The van der Waals surface area contributed by atoms with Gasteiger partial charge in [0.2, 0.25) is 5.75 Å². The van der Waals surface area contributed by atoms with Crippen molar-refractivity contribution in [1.82, 2.24) is 9.97 Å². The molecule has 2 rings (SSSR count). The number of aromatic nitrogens is 2. The molecule has 0 fully saturated rings. The summed E-state index contributed by atoms with van der Waals surface area (Å²) in [6, 6.07) is 5.49. The highest BCUT2D eigenvalue weighted by atomic mass is 79.9. The molecule has 1 aromatic carbocycles. The number of anilines is 3. The van der Waals surface area contributed by atoms with Gasteiger partial charge in [-0.05, 0) is 40.5 Å². The van der Waals surface area contributed by atoms with Gasteiger partial charge in [0.25, 0.3) is 0 Å². The van der Waals surface area contributed by atoms with Gasteiger partial charge in [-0.1, -0.05) is 18.5 Å². The van der Waals surface area contributed by atoms with Crippen LogP contribution in [-0.2, 0) is 0 Å². The number of hydrogen-bond donors (Lipinski definition) is 2. The van der Waals surface area contributed by atoms with E-state index in [1.807, 2.05) is 18.2 Å². The second kappa shape index (κ2) is 7.47. The summed E-state index contributed by atoms with van der Waals surface area (Å²) in [6.45, 7) is 2.90. The standard InChI is InChI=1S/C14H16BrClN4O/c1-3-6-17-13-12(21-2)14(19-8-18-13)20-11-7-9(16)4-5-10(11)15/h4-5,7-8H,3,6H2,1-2H3,(H2,17,18,19,20). The molecule has 0 aliphatic carbocycles. The van der Waals surface area contributed by atoms with Crippen LogP contribution in [0.2, 0.25) is 5.02 Å². The first-order valence-electron chi connectivity index (χ1n) is 6.50. The Bertz CT molecular complexity index is 624. The summed E-state index contributed by atoms with van der Waals surface area (Å²) in [5.41, 5.74) is 0.806. The smallest absolute Gasteiger partial charge is 0.204 e. The number of methoxy groups -OCH3 is 1. The lowest BCUT2D eigenvalue weighted by Crippen LogP contribution is -2.07. The third kappa shape index (κ3) is 3.98. The molecule has 21 heavy (non-hydrogen) atoms. The van der Waals surface area contributed by atoms with Crippen LogP contribution in [0.1, 0.15) is 13.3 Å². The zero-order valence-electron chi connectivity index (χ0n) is 11.8. The van der Waals surface area contributed by atoms with Gasteiger partial charge in [-0.25, -0.2) is 9.97 Å². The number of hydrogen-bond acceptors (Lipinski definition) is 5. The van der Waals surface area contributed by atoms with Crippen LogP contribution in [0.4, 0.5) is 17.3 Å². The van der Waals surface area contributed by atoms with E-state index in [9.17, 15) is 0 Å². The maximum atomic E-state index is 6.02. The van der Waals surface area contributed by atoms with Crippen LogP contribution in [-0.4, -0.2) is 23.6 Å². The van der Waals surface area contributed by atoms with Crippen LogP contribution >= 0.6 is 27.5 Å². The topological polar surface area (TPSA) is 59.1 Å². The molecule has 0 unspecified atom stereocenters. The van der Waals surface area contributed by atoms with Crippen molar-refractivity contribution < 1.29 is 4.74 Å². The first-order chi connectivity index (χ1) is 10.2.